The second kappa shape index (κ2) is 4.28. The highest BCUT2D eigenvalue weighted by atomic mass is 19.1. The van der Waals surface area contributed by atoms with Crippen molar-refractivity contribution in [2.75, 3.05) is 5.73 Å². The Kier molecular flexibility index (Phi) is 2.59. The summed E-state index contributed by atoms with van der Waals surface area (Å²) >= 11 is 0. The van der Waals surface area contributed by atoms with Gasteiger partial charge in [0.2, 0.25) is 0 Å². The summed E-state index contributed by atoms with van der Waals surface area (Å²) in [5.74, 6) is -1.05. The van der Waals surface area contributed by atoms with Crippen LogP contribution in [0.3, 0.4) is 0 Å². The molecule has 2 aromatic heterocycles. The van der Waals surface area contributed by atoms with Crippen molar-refractivity contribution in [3.8, 4) is 11.3 Å². The number of hydrogen-bond donors (Lipinski definition) is 1. The van der Waals surface area contributed by atoms with E-state index < -0.39 is 11.6 Å². The van der Waals surface area contributed by atoms with Crippen molar-refractivity contribution in [1.82, 2.24) is 9.97 Å². The first kappa shape index (κ1) is 11.5. The van der Waals surface area contributed by atoms with E-state index in [9.17, 15) is 8.78 Å². The Morgan fingerprint density at radius 2 is 1.74 bits per heavy atom. The second-order valence-corrected chi connectivity index (χ2v) is 4.13. The molecule has 0 radical (unpaired) electrons. The number of benzene rings is 1. The molecule has 0 atom stereocenters. The largest absolute Gasteiger partial charge is 0.384 e. The maximum Gasteiger partial charge on any atom is 0.126 e. The molecule has 0 fully saturated rings. The van der Waals surface area contributed by atoms with Gasteiger partial charge in [-0.15, -0.1) is 0 Å². The lowest BCUT2D eigenvalue weighted by molar-refractivity contribution is 0.584. The Balaban J connectivity index is 2.35. The number of rotatable bonds is 1. The Bertz CT molecular complexity index is 751. The summed E-state index contributed by atoms with van der Waals surface area (Å²) < 4.78 is 26.6. The fourth-order valence-electron chi connectivity index (χ4n) is 2.00. The van der Waals surface area contributed by atoms with Gasteiger partial charge in [-0.25, -0.2) is 13.8 Å². The maximum atomic E-state index is 13.3. The van der Waals surface area contributed by atoms with Crippen molar-refractivity contribution in [3.05, 3.63) is 54.2 Å². The molecular weight excluding hydrogens is 248 g/mol. The number of anilines is 1. The predicted molar refractivity (Wildman–Crippen MR) is 69.3 cm³/mol. The number of halogens is 2. The maximum absolute atomic E-state index is 13.3. The lowest BCUT2D eigenvalue weighted by atomic mass is 10.1. The summed E-state index contributed by atoms with van der Waals surface area (Å²) in [6.07, 6.45) is 1.60. The van der Waals surface area contributed by atoms with E-state index in [1.54, 1.807) is 18.3 Å². The SMILES string of the molecule is Nc1cc2cccnc2c(-c2cc(F)cc(F)c2)n1. The van der Waals surface area contributed by atoms with Crippen LogP contribution in [-0.2, 0) is 0 Å². The number of aromatic nitrogens is 2. The van der Waals surface area contributed by atoms with Crippen molar-refractivity contribution >= 4 is 16.7 Å². The van der Waals surface area contributed by atoms with Crippen molar-refractivity contribution in [2.45, 2.75) is 0 Å². The van der Waals surface area contributed by atoms with E-state index in [0.29, 0.717) is 16.8 Å². The molecule has 1 aromatic carbocycles. The van der Waals surface area contributed by atoms with E-state index in [2.05, 4.69) is 9.97 Å². The summed E-state index contributed by atoms with van der Waals surface area (Å²) in [5.41, 5.74) is 6.95. The molecule has 0 bridgehead atoms. The summed E-state index contributed by atoms with van der Waals surface area (Å²) in [5, 5.41) is 0.773. The topological polar surface area (TPSA) is 51.8 Å². The van der Waals surface area contributed by atoms with E-state index in [1.807, 2.05) is 6.07 Å². The van der Waals surface area contributed by atoms with Crippen LogP contribution in [-0.4, -0.2) is 9.97 Å². The zero-order valence-electron chi connectivity index (χ0n) is 9.77. The van der Waals surface area contributed by atoms with E-state index >= 15 is 0 Å². The van der Waals surface area contributed by atoms with Crippen molar-refractivity contribution in [1.29, 1.82) is 0 Å². The van der Waals surface area contributed by atoms with Crippen molar-refractivity contribution in [3.63, 3.8) is 0 Å². The standard InChI is InChI=1S/C14H9F2N3/c15-10-4-9(5-11(16)7-10)14-13-8(2-1-3-18-13)6-12(17)19-14/h1-7H,(H2,17,19). The third-order valence-electron chi connectivity index (χ3n) is 2.74. The van der Waals surface area contributed by atoms with Gasteiger partial charge < -0.3 is 5.73 Å². The Hall–Kier alpha value is -2.56. The molecule has 19 heavy (non-hydrogen) atoms. The van der Waals surface area contributed by atoms with E-state index in [4.69, 9.17) is 5.73 Å². The van der Waals surface area contributed by atoms with Crippen LogP contribution < -0.4 is 5.73 Å². The van der Waals surface area contributed by atoms with Crippen LogP contribution in [0.5, 0.6) is 0 Å². The van der Waals surface area contributed by atoms with Crippen LogP contribution in [0.2, 0.25) is 0 Å². The second-order valence-electron chi connectivity index (χ2n) is 4.13. The van der Waals surface area contributed by atoms with E-state index in [0.717, 1.165) is 11.5 Å². The van der Waals surface area contributed by atoms with E-state index in [1.165, 1.54) is 12.1 Å². The first-order valence-corrected chi connectivity index (χ1v) is 5.61. The van der Waals surface area contributed by atoms with Gasteiger partial charge >= 0.3 is 0 Å². The number of nitrogens with two attached hydrogens (primary N) is 1. The number of nitrogen functional groups attached to an aromatic ring is 1. The molecule has 3 aromatic rings. The highest BCUT2D eigenvalue weighted by Gasteiger charge is 2.10. The smallest absolute Gasteiger partial charge is 0.126 e. The number of nitrogens with zero attached hydrogens (tertiary/aromatic N) is 2. The van der Waals surface area contributed by atoms with Crippen LogP contribution >= 0.6 is 0 Å². The minimum absolute atomic E-state index is 0.278. The van der Waals surface area contributed by atoms with Crippen LogP contribution in [0.1, 0.15) is 0 Å². The highest BCUT2D eigenvalue weighted by Crippen LogP contribution is 2.27. The zero-order chi connectivity index (χ0) is 13.4. The molecule has 0 aliphatic carbocycles. The van der Waals surface area contributed by atoms with Crippen LogP contribution in [0.25, 0.3) is 22.2 Å². The molecule has 0 unspecified atom stereocenters. The van der Waals surface area contributed by atoms with E-state index in [-0.39, 0.29) is 5.82 Å². The van der Waals surface area contributed by atoms with Gasteiger partial charge in [-0.05, 0) is 24.3 Å². The number of fused-ring (bicyclic) bond motifs is 1. The fraction of sp³-hybridized carbons (Fsp3) is 0. The first-order valence-electron chi connectivity index (χ1n) is 5.61. The van der Waals surface area contributed by atoms with Crippen molar-refractivity contribution < 1.29 is 8.78 Å². The summed E-state index contributed by atoms with van der Waals surface area (Å²) in [4.78, 5) is 8.33. The Morgan fingerprint density at radius 1 is 1.00 bits per heavy atom. The normalized spacial score (nSPS) is 10.8. The molecule has 3 nitrogen and oxygen atoms in total. The van der Waals surface area contributed by atoms with Crippen LogP contribution in [0.15, 0.2) is 42.6 Å². The third-order valence-corrected chi connectivity index (χ3v) is 2.74. The van der Waals surface area contributed by atoms with Gasteiger partial charge in [0, 0.05) is 23.2 Å². The fourth-order valence-corrected chi connectivity index (χ4v) is 2.00. The van der Waals surface area contributed by atoms with Gasteiger partial charge in [-0.2, -0.15) is 0 Å². The quantitative estimate of drug-likeness (QED) is 0.728. The van der Waals surface area contributed by atoms with Gasteiger partial charge in [0.15, 0.2) is 0 Å². The lowest BCUT2D eigenvalue weighted by Gasteiger charge is -2.07. The molecule has 2 heterocycles. The molecule has 94 valence electrons. The van der Waals surface area contributed by atoms with Gasteiger partial charge in [0.25, 0.3) is 0 Å². The molecule has 0 aliphatic heterocycles. The molecule has 5 heteroatoms. The summed E-state index contributed by atoms with van der Waals surface area (Å²) in [6.45, 7) is 0. The average Bonchev–Trinajstić information content (AvgIpc) is 2.36. The average molecular weight is 257 g/mol. The minimum Gasteiger partial charge on any atom is -0.384 e. The third kappa shape index (κ3) is 2.10. The van der Waals surface area contributed by atoms with Gasteiger partial charge in [0.1, 0.15) is 17.5 Å². The van der Waals surface area contributed by atoms with Gasteiger partial charge in [-0.3, -0.25) is 4.98 Å². The molecule has 0 aliphatic rings. The Labute approximate surface area is 107 Å². The molecule has 0 spiro atoms. The lowest BCUT2D eigenvalue weighted by Crippen LogP contribution is -1.96. The van der Waals surface area contributed by atoms with Gasteiger partial charge in [0.05, 0.1) is 11.2 Å². The molecule has 2 N–H and O–H groups in total. The zero-order valence-corrected chi connectivity index (χ0v) is 9.77. The predicted octanol–water partition coefficient (Wildman–Crippen LogP) is 3.16. The van der Waals surface area contributed by atoms with Crippen LogP contribution in [0.4, 0.5) is 14.6 Å². The monoisotopic (exact) mass is 257 g/mol. The number of pyridine rings is 2. The van der Waals surface area contributed by atoms with Crippen LogP contribution in [0, 0.1) is 11.6 Å². The minimum atomic E-state index is -0.664. The molecule has 3 rings (SSSR count). The molecule has 0 saturated carbocycles. The highest BCUT2D eigenvalue weighted by molar-refractivity contribution is 5.92. The molecule has 0 saturated heterocycles. The number of hydrogen-bond acceptors (Lipinski definition) is 3. The first-order chi connectivity index (χ1) is 9.13. The molecule has 0 amide bonds. The summed E-state index contributed by atoms with van der Waals surface area (Å²) in [7, 11) is 0. The molecular formula is C14H9F2N3. The van der Waals surface area contributed by atoms with Gasteiger partial charge in [-0.1, -0.05) is 6.07 Å². The summed E-state index contributed by atoms with van der Waals surface area (Å²) in [6, 6.07) is 8.47. The van der Waals surface area contributed by atoms with Crippen molar-refractivity contribution in [2.24, 2.45) is 0 Å². The Morgan fingerprint density at radius 3 is 2.47 bits per heavy atom.